The second-order valence-corrected chi connectivity index (χ2v) is 9.12. The number of H-pyrrole nitrogens is 1. The first-order chi connectivity index (χ1) is 11.3. The van der Waals surface area contributed by atoms with Crippen molar-refractivity contribution >= 4 is 32.6 Å². The lowest BCUT2D eigenvalue weighted by Crippen LogP contribution is -2.48. The fourth-order valence-electron chi connectivity index (χ4n) is 4.44. The minimum absolute atomic E-state index is 0.206. The molecule has 1 aromatic heterocycles. The molecule has 130 valence electrons. The van der Waals surface area contributed by atoms with E-state index >= 15 is 0 Å². The number of piperidine rings is 1. The number of hydrogen-bond acceptors (Lipinski definition) is 4. The van der Waals surface area contributed by atoms with Gasteiger partial charge in [0.25, 0.3) is 10.1 Å². The van der Waals surface area contributed by atoms with Crippen LogP contribution in [0.5, 0.6) is 0 Å². The first-order valence-corrected chi connectivity index (χ1v) is 10.4. The topological polar surface area (TPSA) is 62.4 Å². The molecule has 0 bridgehead atoms. The number of nitrogens with one attached hydrogen (secondary N) is 1. The number of likely N-dealkylation sites (N-methyl/N-ethyl adjacent to an activating group) is 1. The lowest BCUT2D eigenvalue weighted by atomic mass is 9.72. The van der Waals surface area contributed by atoms with Crippen molar-refractivity contribution in [3.05, 3.63) is 34.5 Å². The van der Waals surface area contributed by atoms with E-state index in [-0.39, 0.29) is 12.5 Å². The van der Waals surface area contributed by atoms with Crippen LogP contribution in [0.2, 0.25) is 5.15 Å². The Kier molecular flexibility index (Phi) is 3.91. The van der Waals surface area contributed by atoms with E-state index in [0.29, 0.717) is 12.0 Å². The van der Waals surface area contributed by atoms with E-state index in [2.05, 4.69) is 35.1 Å². The Bertz CT molecular complexity index is 893. The van der Waals surface area contributed by atoms with Gasteiger partial charge >= 0.3 is 0 Å². The zero-order valence-corrected chi connectivity index (χ0v) is 15.3. The summed E-state index contributed by atoms with van der Waals surface area (Å²) in [5.74, 6) is 0.581. The molecule has 2 aromatic rings. The van der Waals surface area contributed by atoms with Crippen LogP contribution in [0.1, 0.15) is 23.5 Å². The number of aromatic amines is 1. The minimum atomic E-state index is -3.40. The number of likely N-dealkylation sites (tertiary alicyclic amines) is 1. The van der Waals surface area contributed by atoms with E-state index < -0.39 is 10.1 Å². The largest absolute Gasteiger partial charge is 0.345 e. The lowest BCUT2D eigenvalue weighted by molar-refractivity contribution is 0.0857. The summed E-state index contributed by atoms with van der Waals surface area (Å²) in [4.78, 5) is 5.61. The molecule has 1 saturated heterocycles. The number of benzene rings is 1. The molecule has 5 nitrogen and oxygen atoms in total. The number of fused-ring (bicyclic) bond motifs is 2. The highest BCUT2D eigenvalue weighted by Gasteiger charge is 2.40. The molecule has 2 aliphatic rings. The van der Waals surface area contributed by atoms with Crippen LogP contribution in [0, 0.1) is 5.92 Å². The molecule has 1 fully saturated rings. The summed E-state index contributed by atoms with van der Waals surface area (Å²) in [5, 5.41) is 1.99. The molecule has 0 spiro atoms. The van der Waals surface area contributed by atoms with Crippen LogP contribution in [0.3, 0.4) is 0 Å². The van der Waals surface area contributed by atoms with Crippen molar-refractivity contribution < 1.29 is 12.6 Å². The molecule has 7 heteroatoms. The van der Waals surface area contributed by atoms with E-state index in [9.17, 15) is 8.42 Å². The highest BCUT2D eigenvalue weighted by atomic mass is 35.5. The number of aromatic nitrogens is 1. The van der Waals surface area contributed by atoms with Gasteiger partial charge in [0.2, 0.25) is 0 Å². The fraction of sp³-hybridized carbons (Fsp3) is 0.529. The van der Waals surface area contributed by atoms with Gasteiger partial charge in [-0.15, -0.1) is 0 Å². The quantitative estimate of drug-likeness (QED) is 0.846. The van der Waals surface area contributed by atoms with Gasteiger partial charge < -0.3 is 9.88 Å². The van der Waals surface area contributed by atoms with E-state index in [4.69, 9.17) is 15.8 Å². The first kappa shape index (κ1) is 16.4. The van der Waals surface area contributed by atoms with Crippen LogP contribution in [0.15, 0.2) is 18.2 Å². The SMILES string of the molecule is CN1CC(COS(C)(=O)=O)C[C@H]2c3cccc4[nH]c(Cl)c(c34)C[C@@H]21. The molecule has 4 rings (SSSR count). The molecule has 1 unspecified atom stereocenters. The Morgan fingerprint density at radius 3 is 2.96 bits per heavy atom. The summed E-state index contributed by atoms with van der Waals surface area (Å²) < 4.78 is 27.7. The zero-order valence-electron chi connectivity index (χ0n) is 13.8. The van der Waals surface area contributed by atoms with Crippen molar-refractivity contribution in [3.8, 4) is 0 Å². The molecular formula is C17H21ClN2O3S. The van der Waals surface area contributed by atoms with Crippen LogP contribution in [0.25, 0.3) is 10.9 Å². The van der Waals surface area contributed by atoms with E-state index in [1.807, 2.05) is 0 Å². The van der Waals surface area contributed by atoms with Crippen molar-refractivity contribution in [2.75, 3.05) is 26.5 Å². The smallest absolute Gasteiger partial charge is 0.264 e. The van der Waals surface area contributed by atoms with E-state index in [1.165, 1.54) is 16.5 Å². The van der Waals surface area contributed by atoms with Gasteiger partial charge in [0, 0.05) is 29.4 Å². The highest BCUT2D eigenvalue weighted by Crippen LogP contribution is 2.46. The van der Waals surface area contributed by atoms with Crippen LogP contribution >= 0.6 is 11.6 Å². The molecule has 1 aliphatic carbocycles. The third-order valence-corrected chi connectivity index (χ3v) is 6.29. The Morgan fingerprint density at radius 2 is 2.21 bits per heavy atom. The van der Waals surface area contributed by atoms with Crippen LogP contribution in [0.4, 0.5) is 0 Å². The van der Waals surface area contributed by atoms with Crippen LogP contribution in [-0.4, -0.2) is 50.8 Å². The summed E-state index contributed by atoms with van der Waals surface area (Å²) in [5.41, 5.74) is 3.61. The number of rotatable bonds is 3. The number of nitrogens with zero attached hydrogens (tertiary/aromatic N) is 1. The second kappa shape index (κ2) is 5.73. The van der Waals surface area contributed by atoms with Crippen molar-refractivity contribution in [1.29, 1.82) is 0 Å². The maximum atomic E-state index is 11.3. The molecular weight excluding hydrogens is 348 g/mol. The Morgan fingerprint density at radius 1 is 1.42 bits per heavy atom. The minimum Gasteiger partial charge on any atom is -0.345 e. The summed E-state index contributed by atoms with van der Waals surface area (Å²) in [6, 6.07) is 6.70. The van der Waals surface area contributed by atoms with Crippen molar-refractivity contribution in [2.45, 2.75) is 24.8 Å². The molecule has 1 N–H and O–H groups in total. The fourth-order valence-corrected chi connectivity index (χ4v) is 5.15. The predicted molar refractivity (Wildman–Crippen MR) is 95.1 cm³/mol. The molecule has 0 saturated carbocycles. The Balaban J connectivity index is 1.69. The number of halogens is 1. The molecule has 24 heavy (non-hydrogen) atoms. The monoisotopic (exact) mass is 368 g/mol. The van der Waals surface area contributed by atoms with Gasteiger partial charge in [-0.3, -0.25) is 4.18 Å². The lowest BCUT2D eigenvalue weighted by Gasteiger charge is -2.45. The Labute approximate surface area is 147 Å². The molecule has 1 aromatic carbocycles. The first-order valence-electron chi connectivity index (χ1n) is 8.17. The summed E-state index contributed by atoms with van der Waals surface area (Å²) in [6.07, 6.45) is 2.97. The van der Waals surface area contributed by atoms with Crippen molar-refractivity contribution in [3.63, 3.8) is 0 Å². The molecule has 1 aliphatic heterocycles. The summed E-state index contributed by atoms with van der Waals surface area (Å²) >= 11 is 6.42. The highest BCUT2D eigenvalue weighted by molar-refractivity contribution is 7.85. The average molecular weight is 369 g/mol. The predicted octanol–water partition coefficient (Wildman–Crippen LogP) is 2.76. The third-order valence-electron chi connectivity index (χ3n) is 5.40. The van der Waals surface area contributed by atoms with Gasteiger partial charge in [0.05, 0.1) is 12.9 Å². The number of hydrogen-bond donors (Lipinski definition) is 1. The second-order valence-electron chi connectivity index (χ2n) is 7.10. The van der Waals surface area contributed by atoms with Crippen LogP contribution < -0.4 is 0 Å². The average Bonchev–Trinajstić information content (AvgIpc) is 2.83. The standard InChI is InChI=1S/C17H21ClN2O3S/c1-20-8-10(9-23-24(2,21)22)6-12-11-4-3-5-14-16(11)13(7-15(12)20)17(18)19-14/h3-5,10,12,15,19H,6-9H2,1-2H3/t10?,12-,15-/m0/s1. The summed E-state index contributed by atoms with van der Waals surface area (Å²) in [6.45, 7) is 1.09. The van der Waals surface area contributed by atoms with Crippen molar-refractivity contribution in [1.82, 2.24) is 9.88 Å². The van der Waals surface area contributed by atoms with Gasteiger partial charge in [-0.25, -0.2) is 0 Å². The zero-order chi connectivity index (χ0) is 17.1. The van der Waals surface area contributed by atoms with Gasteiger partial charge in [-0.1, -0.05) is 23.7 Å². The molecule has 0 radical (unpaired) electrons. The Hall–Kier alpha value is -1.08. The van der Waals surface area contributed by atoms with Gasteiger partial charge in [-0.2, -0.15) is 8.42 Å². The van der Waals surface area contributed by atoms with Crippen molar-refractivity contribution in [2.24, 2.45) is 5.92 Å². The molecule has 0 amide bonds. The van der Waals surface area contributed by atoms with Crippen LogP contribution in [-0.2, 0) is 20.7 Å². The molecule has 3 atom stereocenters. The van der Waals surface area contributed by atoms with E-state index in [1.54, 1.807) is 0 Å². The van der Waals surface area contributed by atoms with Gasteiger partial charge in [0.1, 0.15) is 5.15 Å². The molecule has 2 heterocycles. The maximum absolute atomic E-state index is 11.3. The van der Waals surface area contributed by atoms with Gasteiger partial charge in [0.15, 0.2) is 0 Å². The normalized spacial score (nSPS) is 27.4. The van der Waals surface area contributed by atoms with Gasteiger partial charge in [-0.05, 0) is 43.0 Å². The van der Waals surface area contributed by atoms with E-state index in [0.717, 1.165) is 36.3 Å². The summed E-state index contributed by atoms with van der Waals surface area (Å²) in [7, 11) is -1.29. The third kappa shape index (κ3) is 2.75. The maximum Gasteiger partial charge on any atom is 0.264 e.